The van der Waals surface area contributed by atoms with Crippen molar-refractivity contribution in [3.8, 4) is 11.3 Å². The van der Waals surface area contributed by atoms with E-state index in [4.69, 9.17) is 23.2 Å². The quantitative estimate of drug-likeness (QED) is 0.690. The van der Waals surface area contributed by atoms with Crippen LogP contribution >= 0.6 is 23.2 Å². The number of hydrogen-bond acceptors (Lipinski definition) is 2. The molecule has 0 saturated carbocycles. The van der Waals surface area contributed by atoms with Gasteiger partial charge in [-0.05, 0) is 36.4 Å². The van der Waals surface area contributed by atoms with Gasteiger partial charge in [-0.3, -0.25) is 0 Å². The molecule has 7 heteroatoms. The fourth-order valence-electron chi connectivity index (χ4n) is 2.26. The van der Waals surface area contributed by atoms with Crippen LogP contribution in [0.25, 0.3) is 22.2 Å². The largest absolute Gasteiger partial charge is 0.478 e. The maximum absolute atomic E-state index is 13.9. The highest BCUT2D eigenvalue weighted by Gasteiger charge is 2.17. The number of aromatic carboxylic acids is 1. The van der Waals surface area contributed by atoms with E-state index in [9.17, 15) is 18.7 Å². The van der Waals surface area contributed by atoms with Gasteiger partial charge in [0.05, 0.1) is 21.8 Å². The molecule has 0 spiro atoms. The minimum Gasteiger partial charge on any atom is -0.478 e. The van der Waals surface area contributed by atoms with E-state index in [1.165, 1.54) is 12.1 Å². The van der Waals surface area contributed by atoms with E-state index in [2.05, 4.69) is 4.98 Å². The first kappa shape index (κ1) is 15.6. The van der Waals surface area contributed by atoms with Gasteiger partial charge in [0, 0.05) is 16.0 Å². The Hall–Kier alpha value is -2.24. The Kier molecular flexibility index (Phi) is 3.92. The van der Waals surface area contributed by atoms with Gasteiger partial charge in [-0.1, -0.05) is 23.2 Å². The Morgan fingerprint density at radius 1 is 1.09 bits per heavy atom. The molecule has 0 unspecified atom stereocenters. The summed E-state index contributed by atoms with van der Waals surface area (Å²) in [4.78, 5) is 15.7. The Bertz CT molecular complexity index is 960. The Balaban J connectivity index is 2.40. The maximum atomic E-state index is 13.9. The number of carboxylic acids is 1. The molecule has 3 nitrogen and oxygen atoms in total. The van der Waals surface area contributed by atoms with Crippen LogP contribution in [0, 0.1) is 11.6 Å². The van der Waals surface area contributed by atoms with Gasteiger partial charge in [-0.2, -0.15) is 0 Å². The molecular weight excluding hydrogens is 347 g/mol. The summed E-state index contributed by atoms with van der Waals surface area (Å²) in [7, 11) is 0. The second-order valence-corrected chi connectivity index (χ2v) is 5.61. The van der Waals surface area contributed by atoms with Crippen molar-refractivity contribution in [1.29, 1.82) is 0 Å². The Morgan fingerprint density at radius 2 is 1.83 bits per heavy atom. The van der Waals surface area contributed by atoms with E-state index >= 15 is 0 Å². The van der Waals surface area contributed by atoms with Crippen LogP contribution in [0.1, 0.15) is 10.4 Å². The van der Waals surface area contributed by atoms with Gasteiger partial charge in [-0.25, -0.2) is 18.6 Å². The van der Waals surface area contributed by atoms with Crippen LogP contribution in [0.5, 0.6) is 0 Å². The molecule has 1 aromatic heterocycles. The normalized spacial score (nSPS) is 11.0. The summed E-state index contributed by atoms with van der Waals surface area (Å²) in [6, 6.07) is 6.82. The highest BCUT2D eigenvalue weighted by Crippen LogP contribution is 2.32. The van der Waals surface area contributed by atoms with E-state index in [1.54, 1.807) is 0 Å². The van der Waals surface area contributed by atoms with Gasteiger partial charge < -0.3 is 5.11 Å². The van der Waals surface area contributed by atoms with Crippen molar-refractivity contribution in [2.75, 3.05) is 0 Å². The number of pyridine rings is 1. The van der Waals surface area contributed by atoms with Gasteiger partial charge in [-0.15, -0.1) is 0 Å². The fraction of sp³-hybridized carbons (Fsp3) is 0. The second kappa shape index (κ2) is 5.76. The monoisotopic (exact) mass is 353 g/mol. The Labute approximate surface area is 139 Å². The van der Waals surface area contributed by atoms with Gasteiger partial charge in [0.2, 0.25) is 0 Å². The molecule has 0 aliphatic heterocycles. The van der Waals surface area contributed by atoms with E-state index in [-0.39, 0.29) is 37.8 Å². The van der Waals surface area contributed by atoms with Crippen molar-refractivity contribution in [2.45, 2.75) is 0 Å². The van der Waals surface area contributed by atoms with E-state index in [1.807, 2.05) is 0 Å². The van der Waals surface area contributed by atoms with Crippen LogP contribution in [0.3, 0.4) is 0 Å². The molecule has 2 aromatic carbocycles. The standard InChI is InChI=1S/C16H7Cl2F2NO2/c17-7-3-9-10(16(22)23)6-14(21-15(9)12(18)4-7)11-5-8(19)1-2-13(11)20/h1-6H,(H,22,23). The van der Waals surface area contributed by atoms with Crippen molar-refractivity contribution in [3.05, 3.63) is 63.6 Å². The summed E-state index contributed by atoms with van der Waals surface area (Å²) in [6.45, 7) is 0. The first-order valence-electron chi connectivity index (χ1n) is 6.35. The number of fused-ring (bicyclic) bond motifs is 1. The maximum Gasteiger partial charge on any atom is 0.336 e. The van der Waals surface area contributed by atoms with Crippen LogP contribution in [-0.4, -0.2) is 16.1 Å². The SMILES string of the molecule is O=C(O)c1cc(-c2cc(F)ccc2F)nc2c(Cl)cc(Cl)cc12. The first-order chi connectivity index (χ1) is 10.9. The molecule has 23 heavy (non-hydrogen) atoms. The third-order valence-corrected chi connectivity index (χ3v) is 3.77. The second-order valence-electron chi connectivity index (χ2n) is 4.77. The van der Waals surface area contributed by atoms with Crippen molar-refractivity contribution in [1.82, 2.24) is 4.98 Å². The molecule has 0 amide bonds. The zero-order valence-corrected chi connectivity index (χ0v) is 12.8. The molecule has 3 rings (SSSR count). The molecule has 0 bridgehead atoms. The number of carbonyl (C=O) groups is 1. The lowest BCUT2D eigenvalue weighted by molar-refractivity contribution is 0.0699. The summed E-state index contributed by atoms with van der Waals surface area (Å²) in [5, 5.41) is 9.96. The molecule has 0 fully saturated rings. The molecule has 3 aromatic rings. The average Bonchev–Trinajstić information content (AvgIpc) is 2.48. The third-order valence-electron chi connectivity index (χ3n) is 3.27. The van der Waals surface area contributed by atoms with Gasteiger partial charge in [0.15, 0.2) is 0 Å². The van der Waals surface area contributed by atoms with Crippen LogP contribution < -0.4 is 0 Å². The number of carboxylic acid groups (broad SMARTS) is 1. The molecule has 0 saturated heterocycles. The van der Waals surface area contributed by atoms with Crippen molar-refractivity contribution < 1.29 is 18.7 Å². The lowest BCUT2D eigenvalue weighted by atomic mass is 10.0. The summed E-state index contributed by atoms with van der Waals surface area (Å²) in [5.41, 5.74) is -0.191. The number of aromatic nitrogens is 1. The number of halogens is 4. The lowest BCUT2D eigenvalue weighted by Gasteiger charge is -2.09. The number of rotatable bonds is 2. The fourth-order valence-corrected chi connectivity index (χ4v) is 2.80. The number of hydrogen-bond donors (Lipinski definition) is 1. The molecule has 0 aliphatic carbocycles. The van der Waals surface area contributed by atoms with E-state index < -0.39 is 17.6 Å². The summed E-state index contributed by atoms with van der Waals surface area (Å²) in [6.07, 6.45) is 0. The zero-order chi connectivity index (χ0) is 16.7. The van der Waals surface area contributed by atoms with Crippen LogP contribution in [0.2, 0.25) is 10.0 Å². The third kappa shape index (κ3) is 2.85. The first-order valence-corrected chi connectivity index (χ1v) is 7.11. The Morgan fingerprint density at radius 3 is 2.52 bits per heavy atom. The van der Waals surface area contributed by atoms with Gasteiger partial charge >= 0.3 is 5.97 Å². The summed E-state index contributed by atoms with van der Waals surface area (Å²) in [5.74, 6) is -2.64. The minimum absolute atomic E-state index is 0.0314. The van der Waals surface area contributed by atoms with Crippen molar-refractivity contribution in [3.63, 3.8) is 0 Å². The molecule has 1 heterocycles. The van der Waals surface area contributed by atoms with E-state index in [0.717, 1.165) is 24.3 Å². The van der Waals surface area contributed by atoms with Gasteiger partial charge in [0.1, 0.15) is 11.6 Å². The van der Waals surface area contributed by atoms with Crippen molar-refractivity contribution in [2.24, 2.45) is 0 Å². The minimum atomic E-state index is -1.26. The van der Waals surface area contributed by atoms with Crippen LogP contribution in [-0.2, 0) is 0 Å². The zero-order valence-electron chi connectivity index (χ0n) is 11.3. The summed E-state index contributed by atoms with van der Waals surface area (Å²) < 4.78 is 27.3. The predicted molar refractivity (Wildman–Crippen MR) is 84.1 cm³/mol. The smallest absolute Gasteiger partial charge is 0.336 e. The van der Waals surface area contributed by atoms with Gasteiger partial charge in [0.25, 0.3) is 0 Å². The van der Waals surface area contributed by atoms with Crippen LogP contribution in [0.15, 0.2) is 36.4 Å². The average molecular weight is 354 g/mol. The molecule has 0 atom stereocenters. The van der Waals surface area contributed by atoms with Crippen molar-refractivity contribution >= 4 is 40.1 Å². The van der Waals surface area contributed by atoms with Crippen LogP contribution in [0.4, 0.5) is 8.78 Å². The topological polar surface area (TPSA) is 50.2 Å². The number of nitrogens with zero attached hydrogens (tertiary/aromatic N) is 1. The number of benzene rings is 2. The molecular formula is C16H7Cl2F2NO2. The lowest BCUT2D eigenvalue weighted by Crippen LogP contribution is -2.01. The summed E-state index contributed by atoms with van der Waals surface area (Å²) >= 11 is 12.0. The molecule has 116 valence electrons. The molecule has 0 aliphatic rings. The highest BCUT2D eigenvalue weighted by molar-refractivity contribution is 6.38. The molecule has 1 N–H and O–H groups in total. The highest BCUT2D eigenvalue weighted by atomic mass is 35.5. The van der Waals surface area contributed by atoms with E-state index in [0.29, 0.717) is 0 Å². The molecule has 0 radical (unpaired) electrons. The predicted octanol–water partition coefficient (Wildman–Crippen LogP) is 5.19.